The van der Waals surface area contributed by atoms with E-state index < -0.39 is 0 Å². The molecule has 2 aliphatic rings. The molecule has 4 rings (SSSR count). The van der Waals surface area contributed by atoms with Gasteiger partial charge in [-0.1, -0.05) is 0 Å². The monoisotopic (exact) mass is 318 g/mol. The highest BCUT2D eigenvalue weighted by Gasteiger charge is 2.29. The Kier molecular flexibility index (Phi) is 3.53. The summed E-state index contributed by atoms with van der Waals surface area (Å²) >= 11 is 1.52. The Bertz CT molecular complexity index is 633. The highest BCUT2D eigenvalue weighted by molar-refractivity contribution is 7.09. The number of rotatable bonds is 4. The number of hydrogen-bond donors (Lipinski definition) is 0. The van der Waals surface area contributed by atoms with Gasteiger partial charge in [0, 0.05) is 43.6 Å². The fraction of sp³-hybridized carbons (Fsp3) is 0.571. The first-order chi connectivity index (χ1) is 10.8. The lowest BCUT2D eigenvalue weighted by molar-refractivity contribution is 0.410. The maximum absolute atomic E-state index is 5.09. The van der Waals surface area contributed by atoms with Crippen LogP contribution < -0.4 is 14.5 Å². The van der Waals surface area contributed by atoms with Crippen LogP contribution in [0.3, 0.4) is 0 Å². The minimum atomic E-state index is 0.624. The first-order valence-corrected chi connectivity index (χ1v) is 8.30. The molecule has 7 nitrogen and oxygen atoms in total. The predicted octanol–water partition coefficient (Wildman–Crippen LogP) is 1.54. The van der Waals surface area contributed by atoms with Crippen molar-refractivity contribution in [3.8, 4) is 5.75 Å². The minimum Gasteiger partial charge on any atom is -0.494 e. The summed E-state index contributed by atoms with van der Waals surface area (Å²) in [4.78, 5) is 17.9. The second kappa shape index (κ2) is 5.68. The second-order valence-corrected chi connectivity index (χ2v) is 6.34. The first kappa shape index (κ1) is 13.7. The van der Waals surface area contributed by atoms with Crippen LogP contribution in [0.4, 0.5) is 11.1 Å². The molecule has 0 aromatic carbocycles. The van der Waals surface area contributed by atoms with Gasteiger partial charge in [0.15, 0.2) is 5.75 Å². The lowest BCUT2D eigenvalue weighted by Gasteiger charge is -2.34. The van der Waals surface area contributed by atoms with Crippen molar-refractivity contribution in [3.05, 3.63) is 18.2 Å². The largest absolute Gasteiger partial charge is 0.494 e. The average molecular weight is 318 g/mol. The summed E-state index contributed by atoms with van der Waals surface area (Å²) in [6.45, 7) is 3.64. The second-order valence-electron chi connectivity index (χ2n) is 5.61. The van der Waals surface area contributed by atoms with Crippen molar-refractivity contribution in [1.29, 1.82) is 0 Å². The van der Waals surface area contributed by atoms with E-state index in [4.69, 9.17) is 4.74 Å². The Balaban J connectivity index is 1.38. The Morgan fingerprint density at radius 3 is 2.41 bits per heavy atom. The van der Waals surface area contributed by atoms with E-state index in [0.29, 0.717) is 11.7 Å². The predicted molar refractivity (Wildman–Crippen MR) is 84.9 cm³/mol. The van der Waals surface area contributed by atoms with E-state index in [0.717, 1.165) is 43.1 Å². The Morgan fingerprint density at radius 2 is 1.77 bits per heavy atom. The molecule has 1 aliphatic carbocycles. The molecule has 1 saturated carbocycles. The highest BCUT2D eigenvalue weighted by Crippen LogP contribution is 2.39. The van der Waals surface area contributed by atoms with Crippen molar-refractivity contribution in [3.63, 3.8) is 0 Å². The van der Waals surface area contributed by atoms with Crippen molar-refractivity contribution in [2.24, 2.45) is 0 Å². The van der Waals surface area contributed by atoms with Gasteiger partial charge in [0.25, 0.3) is 0 Å². The van der Waals surface area contributed by atoms with Crippen LogP contribution in [0.2, 0.25) is 0 Å². The van der Waals surface area contributed by atoms with Crippen LogP contribution in [0.1, 0.15) is 24.6 Å². The molecule has 2 aromatic heterocycles. The van der Waals surface area contributed by atoms with Crippen LogP contribution in [0.25, 0.3) is 0 Å². The molecule has 0 radical (unpaired) electrons. The van der Waals surface area contributed by atoms with Crippen LogP contribution in [0, 0.1) is 0 Å². The van der Waals surface area contributed by atoms with Crippen LogP contribution in [0.15, 0.2) is 12.4 Å². The molecule has 0 unspecified atom stereocenters. The van der Waals surface area contributed by atoms with Gasteiger partial charge in [-0.15, -0.1) is 0 Å². The Morgan fingerprint density at radius 1 is 1.09 bits per heavy atom. The van der Waals surface area contributed by atoms with Gasteiger partial charge in [-0.3, -0.25) is 0 Å². The topological polar surface area (TPSA) is 67.3 Å². The van der Waals surface area contributed by atoms with Crippen LogP contribution in [0.5, 0.6) is 5.75 Å². The number of methoxy groups -OCH3 is 1. The molecule has 22 heavy (non-hydrogen) atoms. The fourth-order valence-electron chi connectivity index (χ4n) is 2.54. The van der Waals surface area contributed by atoms with Crippen molar-refractivity contribution >= 4 is 22.6 Å². The SMILES string of the molecule is COc1cnc(N2CCN(c3nc(C4CC4)ns3)CC2)nc1. The van der Waals surface area contributed by atoms with Gasteiger partial charge < -0.3 is 14.5 Å². The summed E-state index contributed by atoms with van der Waals surface area (Å²) in [5, 5.41) is 1.05. The number of ether oxygens (including phenoxy) is 1. The quantitative estimate of drug-likeness (QED) is 0.847. The number of hydrogen-bond acceptors (Lipinski definition) is 8. The molecule has 0 N–H and O–H groups in total. The molecule has 1 saturated heterocycles. The van der Waals surface area contributed by atoms with Crippen molar-refractivity contribution in [1.82, 2.24) is 19.3 Å². The van der Waals surface area contributed by atoms with Crippen LogP contribution in [-0.4, -0.2) is 52.6 Å². The van der Waals surface area contributed by atoms with E-state index in [1.165, 1.54) is 24.4 Å². The van der Waals surface area contributed by atoms with Gasteiger partial charge in [0.1, 0.15) is 5.82 Å². The Hall–Kier alpha value is -1.96. The van der Waals surface area contributed by atoms with Crippen molar-refractivity contribution in [2.75, 3.05) is 43.1 Å². The third kappa shape index (κ3) is 2.70. The first-order valence-electron chi connectivity index (χ1n) is 7.53. The van der Waals surface area contributed by atoms with E-state index in [9.17, 15) is 0 Å². The lowest BCUT2D eigenvalue weighted by atomic mass is 10.3. The van der Waals surface area contributed by atoms with E-state index in [1.807, 2.05) is 0 Å². The van der Waals surface area contributed by atoms with E-state index in [2.05, 4.69) is 29.1 Å². The minimum absolute atomic E-state index is 0.624. The molecule has 3 heterocycles. The molecular formula is C14H18N6OS. The standard InChI is InChI=1S/C14H18N6OS/c1-21-11-8-15-13(16-9-11)19-4-6-20(7-5-19)14-17-12(18-22-14)10-2-3-10/h8-10H,2-7H2,1H3. The van der Waals surface area contributed by atoms with Crippen LogP contribution >= 0.6 is 11.5 Å². The number of piperazine rings is 1. The molecule has 0 bridgehead atoms. The summed E-state index contributed by atoms with van der Waals surface area (Å²) in [6.07, 6.45) is 5.92. The maximum atomic E-state index is 5.09. The molecule has 0 atom stereocenters. The molecule has 116 valence electrons. The van der Waals surface area contributed by atoms with Crippen molar-refractivity contribution < 1.29 is 4.74 Å². The Labute approximate surface area is 133 Å². The van der Waals surface area contributed by atoms with Gasteiger partial charge in [-0.25, -0.2) is 15.0 Å². The highest BCUT2D eigenvalue weighted by atomic mass is 32.1. The summed E-state index contributed by atoms with van der Waals surface area (Å²) in [5.74, 6) is 3.11. The molecule has 2 fully saturated rings. The normalized spacial score (nSPS) is 18.6. The van der Waals surface area contributed by atoms with Gasteiger partial charge in [-0.2, -0.15) is 4.37 Å². The fourth-order valence-corrected chi connectivity index (χ4v) is 3.34. The lowest BCUT2D eigenvalue weighted by Crippen LogP contribution is -2.47. The van der Waals surface area contributed by atoms with Gasteiger partial charge in [0.2, 0.25) is 11.1 Å². The van der Waals surface area contributed by atoms with Gasteiger partial charge in [-0.05, 0) is 12.8 Å². The summed E-state index contributed by atoms with van der Waals surface area (Å²) < 4.78 is 9.58. The zero-order chi connectivity index (χ0) is 14.9. The number of nitrogens with zero attached hydrogens (tertiary/aromatic N) is 6. The maximum Gasteiger partial charge on any atom is 0.225 e. The molecule has 0 amide bonds. The van der Waals surface area contributed by atoms with Crippen molar-refractivity contribution in [2.45, 2.75) is 18.8 Å². The zero-order valence-corrected chi connectivity index (χ0v) is 13.3. The molecule has 0 spiro atoms. The smallest absolute Gasteiger partial charge is 0.225 e. The third-order valence-electron chi connectivity index (χ3n) is 4.06. The molecule has 8 heteroatoms. The molecular weight excluding hydrogens is 300 g/mol. The zero-order valence-electron chi connectivity index (χ0n) is 12.5. The van der Waals surface area contributed by atoms with Gasteiger partial charge in [0.05, 0.1) is 19.5 Å². The third-order valence-corrected chi connectivity index (χ3v) is 4.85. The van der Waals surface area contributed by atoms with E-state index in [1.54, 1.807) is 19.5 Å². The van der Waals surface area contributed by atoms with E-state index >= 15 is 0 Å². The van der Waals surface area contributed by atoms with Crippen LogP contribution in [-0.2, 0) is 0 Å². The summed E-state index contributed by atoms with van der Waals surface area (Å²) in [7, 11) is 1.62. The summed E-state index contributed by atoms with van der Waals surface area (Å²) in [5.41, 5.74) is 0. The molecule has 2 aromatic rings. The summed E-state index contributed by atoms with van der Waals surface area (Å²) in [6, 6.07) is 0. The molecule has 1 aliphatic heterocycles. The number of aromatic nitrogens is 4. The van der Waals surface area contributed by atoms with E-state index in [-0.39, 0.29) is 0 Å². The number of anilines is 2. The van der Waals surface area contributed by atoms with Gasteiger partial charge >= 0.3 is 0 Å². The average Bonchev–Trinajstić information content (AvgIpc) is 3.32.